The summed E-state index contributed by atoms with van der Waals surface area (Å²) in [6.45, 7) is 10.2. The molecule has 1 amide bonds. The molecule has 2 aromatic rings. The number of rotatable bonds is 7. The summed E-state index contributed by atoms with van der Waals surface area (Å²) in [6, 6.07) is 4.69. The molecule has 0 aliphatic heterocycles. The number of thioether (sulfide) groups is 1. The summed E-state index contributed by atoms with van der Waals surface area (Å²) in [7, 11) is 0. The van der Waals surface area contributed by atoms with Crippen molar-refractivity contribution >= 4 is 17.7 Å². The Bertz CT molecular complexity index is 747. The van der Waals surface area contributed by atoms with E-state index in [2.05, 4.69) is 47.4 Å². The highest BCUT2D eigenvalue weighted by Gasteiger charge is 2.33. The van der Waals surface area contributed by atoms with E-state index in [4.69, 9.17) is 0 Å². The third kappa shape index (κ3) is 3.92. The molecule has 0 spiro atoms. The molecule has 1 atom stereocenters. The maximum absolute atomic E-state index is 12.9. The van der Waals surface area contributed by atoms with E-state index in [9.17, 15) is 4.79 Å². The van der Waals surface area contributed by atoms with Gasteiger partial charge in [0.05, 0.1) is 5.25 Å². The predicted octanol–water partition coefficient (Wildman–Crippen LogP) is 3.80. The SMILES string of the molecule is CC(C)N(C(=O)[C@@H](C)Sc1nnc(-c2cccnc2)n1C1CC1)C(C)C. The van der Waals surface area contributed by atoms with Gasteiger partial charge in [0.1, 0.15) is 0 Å². The summed E-state index contributed by atoms with van der Waals surface area (Å²) >= 11 is 1.50. The van der Waals surface area contributed by atoms with E-state index in [0.717, 1.165) is 29.4 Å². The molecular weight excluding hydrogens is 346 g/mol. The number of pyridine rings is 1. The molecule has 0 radical (unpaired) electrons. The van der Waals surface area contributed by atoms with Gasteiger partial charge in [-0.2, -0.15) is 0 Å². The van der Waals surface area contributed by atoms with Gasteiger partial charge in [-0.25, -0.2) is 0 Å². The lowest BCUT2D eigenvalue weighted by Crippen LogP contribution is -2.45. The van der Waals surface area contributed by atoms with E-state index in [1.54, 1.807) is 6.20 Å². The summed E-state index contributed by atoms with van der Waals surface area (Å²) in [5, 5.41) is 9.42. The first-order chi connectivity index (χ1) is 12.4. The van der Waals surface area contributed by atoms with Crippen LogP contribution in [0.1, 0.15) is 53.5 Å². The van der Waals surface area contributed by atoms with Crippen LogP contribution in [0.4, 0.5) is 0 Å². The molecule has 7 heteroatoms. The van der Waals surface area contributed by atoms with Gasteiger partial charge in [0.25, 0.3) is 0 Å². The number of hydrogen-bond acceptors (Lipinski definition) is 5. The van der Waals surface area contributed by atoms with Crippen molar-refractivity contribution in [1.82, 2.24) is 24.6 Å². The van der Waals surface area contributed by atoms with Crippen molar-refractivity contribution < 1.29 is 4.79 Å². The Morgan fingerprint density at radius 3 is 2.42 bits per heavy atom. The van der Waals surface area contributed by atoms with Crippen molar-refractivity contribution in [2.75, 3.05) is 0 Å². The van der Waals surface area contributed by atoms with Crippen LogP contribution in [0.5, 0.6) is 0 Å². The van der Waals surface area contributed by atoms with E-state index in [1.165, 1.54) is 11.8 Å². The lowest BCUT2D eigenvalue weighted by atomic mass is 10.2. The molecule has 140 valence electrons. The minimum Gasteiger partial charge on any atom is -0.337 e. The van der Waals surface area contributed by atoms with E-state index in [1.807, 2.05) is 30.2 Å². The summed E-state index contributed by atoms with van der Waals surface area (Å²) in [5.74, 6) is 0.987. The van der Waals surface area contributed by atoms with E-state index >= 15 is 0 Å². The first-order valence-electron chi connectivity index (χ1n) is 9.24. The third-order valence-electron chi connectivity index (χ3n) is 4.49. The first-order valence-corrected chi connectivity index (χ1v) is 10.1. The zero-order chi connectivity index (χ0) is 18.8. The summed E-state index contributed by atoms with van der Waals surface area (Å²) in [5.41, 5.74) is 0.962. The zero-order valence-electron chi connectivity index (χ0n) is 16.1. The minimum absolute atomic E-state index is 0.147. The Labute approximate surface area is 159 Å². The Morgan fingerprint density at radius 2 is 1.88 bits per heavy atom. The van der Waals surface area contributed by atoms with Crippen LogP contribution in [-0.2, 0) is 4.79 Å². The maximum atomic E-state index is 12.9. The number of carbonyl (C=O) groups excluding carboxylic acids is 1. The van der Waals surface area contributed by atoms with Gasteiger partial charge in [0.15, 0.2) is 11.0 Å². The monoisotopic (exact) mass is 373 g/mol. The second-order valence-corrected chi connectivity index (χ2v) is 8.65. The number of carbonyl (C=O) groups is 1. The third-order valence-corrected chi connectivity index (χ3v) is 5.54. The van der Waals surface area contributed by atoms with Crippen molar-refractivity contribution in [2.24, 2.45) is 0 Å². The van der Waals surface area contributed by atoms with Crippen LogP contribution in [0, 0.1) is 0 Å². The fourth-order valence-electron chi connectivity index (χ4n) is 3.23. The highest BCUT2D eigenvalue weighted by Crippen LogP contribution is 2.41. The van der Waals surface area contributed by atoms with Gasteiger partial charge < -0.3 is 4.90 Å². The molecule has 1 fully saturated rings. The molecule has 1 saturated carbocycles. The Kier molecular flexibility index (Phi) is 5.65. The smallest absolute Gasteiger partial charge is 0.236 e. The van der Waals surface area contributed by atoms with Crippen LogP contribution in [0.15, 0.2) is 29.7 Å². The van der Waals surface area contributed by atoms with Crippen molar-refractivity contribution in [1.29, 1.82) is 0 Å². The molecule has 0 saturated heterocycles. The van der Waals surface area contributed by atoms with Crippen molar-refractivity contribution in [2.45, 2.75) is 76.0 Å². The molecule has 2 heterocycles. The fraction of sp³-hybridized carbons (Fsp3) is 0.579. The molecule has 0 bridgehead atoms. The number of nitrogens with zero attached hydrogens (tertiary/aromatic N) is 5. The molecular formula is C19H27N5OS. The molecule has 1 aliphatic carbocycles. The Hall–Kier alpha value is -1.89. The summed E-state index contributed by atoms with van der Waals surface area (Å²) in [4.78, 5) is 19.1. The van der Waals surface area contributed by atoms with E-state index < -0.39 is 0 Å². The first kappa shape index (κ1) is 18.9. The Morgan fingerprint density at radius 1 is 1.19 bits per heavy atom. The van der Waals surface area contributed by atoms with Crippen molar-refractivity contribution in [3.8, 4) is 11.4 Å². The van der Waals surface area contributed by atoms with Crippen LogP contribution in [0.3, 0.4) is 0 Å². The quantitative estimate of drug-likeness (QED) is 0.691. The standard InChI is InChI=1S/C19H27N5OS/c1-12(2)23(13(3)4)18(25)14(5)26-19-22-21-17(24(19)16-8-9-16)15-7-6-10-20-11-15/h6-7,10-14,16H,8-9H2,1-5H3/t14-/m1/s1. The lowest BCUT2D eigenvalue weighted by Gasteiger charge is -2.32. The molecule has 2 aromatic heterocycles. The van der Waals surface area contributed by atoms with E-state index in [0.29, 0.717) is 6.04 Å². The largest absolute Gasteiger partial charge is 0.337 e. The highest BCUT2D eigenvalue weighted by molar-refractivity contribution is 8.00. The molecule has 0 aromatic carbocycles. The molecule has 6 nitrogen and oxygen atoms in total. The van der Waals surface area contributed by atoms with Gasteiger partial charge in [-0.05, 0) is 59.6 Å². The maximum Gasteiger partial charge on any atom is 0.236 e. The van der Waals surface area contributed by atoms with Gasteiger partial charge in [0.2, 0.25) is 5.91 Å². The van der Waals surface area contributed by atoms with Crippen LogP contribution in [0.25, 0.3) is 11.4 Å². The highest BCUT2D eigenvalue weighted by atomic mass is 32.2. The summed E-state index contributed by atoms with van der Waals surface area (Å²) in [6.07, 6.45) is 5.83. The van der Waals surface area contributed by atoms with Crippen LogP contribution in [-0.4, -0.2) is 47.9 Å². The molecule has 26 heavy (non-hydrogen) atoms. The second kappa shape index (κ2) is 7.78. The fourth-order valence-corrected chi connectivity index (χ4v) is 4.21. The molecule has 0 N–H and O–H groups in total. The number of aromatic nitrogens is 4. The molecule has 1 aliphatic rings. The van der Waals surface area contributed by atoms with E-state index in [-0.39, 0.29) is 23.2 Å². The topological polar surface area (TPSA) is 63.9 Å². The Balaban J connectivity index is 1.84. The van der Waals surface area contributed by atoms with Gasteiger partial charge in [-0.1, -0.05) is 11.8 Å². The average molecular weight is 374 g/mol. The van der Waals surface area contributed by atoms with Gasteiger partial charge in [-0.3, -0.25) is 14.3 Å². The second-order valence-electron chi connectivity index (χ2n) is 7.34. The van der Waals surface area contributed by atoms with Crippen molar-refractivity contribution in [3.05, 3.63) is 24.5 Å². The minimum atomic E-state index is -0.205. The zero-order valence-corrected chi connectivity index (χ0v) is 16.9. The number of amides is 1. The van der Waals surface area contributed by atoms with Crippen LogP contribution in [0.2, 0.25) is 0 Å². The van der Waals surface area contributed by atoms with Crippen LogP contribution < -0.4 is 0 Å². The average Bonchev–Trinajstić information content (AvgIpc) is 3.35. The van der Waals surface area contributed by atoms with Gasteiger partial charge >= 0.3 is 0 Å². The normalized spacial score (nSPS) is 15.5. The van der Waals surface area contributed by atoms with Gasteiger partial charge in [-0.15, -0.1) is 10.2 Å². The molecule has 3 rings (SSSR count). The lowest BCUT2D eigenvalue weighted by molar-refractivity contribution is -0.133. The molecule has 0 unspecified atom stereocenters. The summed E-state index contributed by atoms with van der Waals surface area (Å²) < 4.78 is 2.18. The van der Waals surface area contributed by atoms with Gasteiger partial charge in [0, 0.05) is 36.1 Å². The number of hydrogen-bond donors (Lipinski definition) is 0. The predicted molar refractivity (Wildman–Crippen MR) is 104 cm³/mol. The van der Waals surface area contributed by atoms with Crippen molar-refractivity contribution in [3.63, 3.8) is 0 Å². The van der Waals surface area contributed by atoms with Crippen LogP contribution >= 0.6 is 11.8 Å².